The maximum Gasteiger partial charge on any atom is 0.418 e. The van der Waals surface area contributed by atoms with E-state index in [4.69, 9.17) is 0 Å². The van der Waals surface area contributed by atoms with Crippen LogP contribution in [-0.4, -0.2) is 28.2 Å². The molecule has 7 nitrogen and oxygen atoms in total. The van der Waals surface area contributed by atoms with E-state index in [-0.39, 0.29) is 11.0 Å². The molecule has 1 aromatic heterocycles. The first-order chi connectivity index (χ1) is 16.1. The number of anilines is 2. The molecule has 3 N–H and O–H groups in total. The van der Waals surface area contributed by atoms with Crippen LogP contribution in [0.15, 0.2) is 48.5 Å². The van der Waals surface area contributed by atoms with Gasteiger partial charge >= 0.3 is 12.2 Å². The van der Waals surface area contributed by atoms with Crippen molar-refractivity contribution in [1.29, 1.82) is 0 Å². The Morgan fingerprint density at radius 2 is 1.71 bits per heavy atom. The molecule has 3 rings (SSSR count). The zero-order valence-electron chi connectivity index (χ0n) is 18.1. The molecule has 2 atom stereocenters. The highest BCUT2D eigenvalue weighted by Gasteiger charge is 2.34. The Bertz CT molecular complexity index is 1150. The predicted octanol–water partition coefficient (Wildman–Crippen LogP) is 5.54. The van der Waals surface area contributed by atoms with Crippen LogP contribution in [0.4, 0.5) is 33.2 Å². The van der Waals surface area contributed by atoms with Crippen LogP contribution in [0.1, 0.15) is 25.8 Å². The number of carbonyl (C=O) groups is 2. The Hall–Kier alpha value is -3.54. The number of halogens is 4. The van der Waals surface area contributed by atoms with Crippen molar-refractivity contribution in [2.75, 3.05) is 10.6 Å². The van der Waals surface area contributed by atoms with Crippen LogP contribution in [0.3, 0.4) is 0 Å². The van der Waals surface area contributed by atoms with Gasteiger partial charge in [-0.1, -0.05) is 43.7 Å². The Kier molecular flexibility index (Phi) is 7.82. The Morgan fingerprint density at radius 3 is 2.35 bits per heavy atom. The summed E-state index contributed by atoms with van der Waals surface area (Å²) in [6.45, 7) is 3.53. The molecule has 3 amide bonds. The summed E-state index contributed by atoms with van der Waals surface area (Å²) in [5, 5.41) is 15.7. The molecule has 12 heteroatoms. The van der Waals surface area contributed by atoms with Crippen molar-refractivity contribution in [3.05, 3.63) is 59.9 Å². The average Bonchev–Trinajstić information content (AvgIpc) is 3.25. The van der Waals surface area contributed by atoms with Gasteiger partial charge in [0.15, 0.2) is 0 Å². The maximum absolute atomic E-state index is 13.2. The molecule has 2 unspecified atom stereocenters. The first-order valence-electron chi connectivity index (χ1n) is 10.2. The lowest BCUT2D eigenvalue weighted by Gasteiger charge is -2.23. The van der Waals surface area contributed by atoms with E-state index in [1.165, 1.54) is 36.4 Å². The van der Waals surface area contributed by atoms with E-state index >= 15 is 0 Å². The summed E-state index contributed by atoms with van der Waals surface area (Å²) in [6.07, 6.45) is -4.15. The second-order valence-corrected chi connectivity index (χ2v) is 8.39. The molecular weight excluding hydrogens is 474 g/mol. The third-order valence-corrected chi connectivity index (χ3v) is 5.90. The van der Waals surface area contributed by atoms with E-state index in [1.807, 2.05) is 0 Å². The van der Waals surface area contributed by atoms with Gasteiger partial charge in [0.2, 0.25) is 11.0 Å². The van der Waals surface area contributed by atoms with Crippen LogP contribution < -0.4 is 16.0 Å². The summed E-state index contributed by atoms with van der Waals surface area (Å²) in [7, 11) is 0. The van der Waals surface area contributed by atoms with Gasteiger partial charge in [-0.05, 0) is 42.3 Å². The van der Waals surface area contributed by atoms with Gasteiger partial charge in [0.05, 0.1) is 11.3 Å². The monoisotopic (exact) mass is 495 g/mol. The summed E-state index contributed by atoms with van der Waals surface area (Å²) in [5.41, 5.74) is -0.820. The van der Waals surface area contributed by atoms with E-state index in [2.05, 4.69) is 26.1 Å². The number of amides is 3. The molecule has 3 aromatic rings. The van der Waals surface area contributed by atoms with Crippen molar-refractivity contribution in [1.82, 2.24) is 15.5 Å². The fourth-order valence-corrected chi connectivity index (χ4v) is 3.76. The molecule has 0 spiro atoms. The standard InChI is InChI=1S/C22H21F4N5O2S/c1-3-12(2)17(28-20(33)27-16-7-5-4-6-15(16)22(24,25)26)18(32)29-21-31-30-19(34-21)13-8-10-14(23)11-9-13/h4-12,17H,3H2,1-2H3,(H2,27,28,33)(H,29,31,32). The first-order valence-corrected chi connectivity index (χ1v) is 11.0. The lowest BCUT2D eigenvalue weighted by molar-refractivity contribution is -0.137. The highest BCUT2D eigenvalue weighted by atomic mass is 32.1. The maximum atomic E-state index is 13.2. The van der Waals surface area contributed by atoms with Crippen LogP contribution in [0.2, 0.25) is 0 Å². The van der Waals surface area contributed by atoms with Gasteiger partial charge in [0.1, 0.15) is 16.9 Å². The van der Waals surface area contributed by atoms with Gasteiger partial charge in [0.25, 0.3) is 0 Å². The molecular formula is C22H21F4N5O2S. The molecule has 0 aliphatic rings. The summed E-state index contributed by atoms with van der Waals surface area (Å²) >= 11 is 1.05. The molecule has 0 fully saturated rings. The number of hydrogen-bond donors (Lipinski definition) is 3. The minimum atomic E-state index is -4.66. The topological polar surface area (TPSA) is 96.0 Å². The minimum Gasteiger partial charge on any atom is -0.326 e. The van der Waals surface area contributed by atoms with Crippen LogP contribution in [0.25, 0.3) is 10.6 Å². The Labute approximate surface area is 196 Å². The van der Waals surface area contributed by atoms with Crippen LogP contribution in [0, 0.1) is 11.7 Å². The third kappa shape index (κ3) is 6.28. The molecule has 2 aromatic carbocycles. The number of hydrogen-bond acceptors (Lipinski definition) is 5. The molecule has 1 heterocycles. The number of nitrogens with one attached hydrogen (secondary N) is 3. The molecule has 0 bridgehead atoms. The Balaban J connectivity index is 1.71. The molecule has 0 saturated heterocycles. The van der Waals surface area contributed by atoms with E-state index < -0.39 is 41.2 Å². The van der Waals surface area contributed by atoms with Crippen molar-refractivity contribution in [2.24, 2.45) is 5.92 Å². The molecule has 0 aliphatic carbocycles. The normalized spacial score (nSPS) is 13.1. The molecule has 0 radical (unpaired) electrons. The third-order valence-electron chi connectivity index (χ3n) is 5.01. The van der Waals surface area contributed by atoms with Gasteiger partial charge < -0.3 is 10.6 Å². The molecule has 0 aliphatic heterocycles. The number of para-hydroxylation sites is 1. The summed E-state index contributed by atoms with van der Waals surface area (Å²) in [5.74, 6) is -1.34. The van der Waals surface area contributed by atoms with E-state index in [0.717, 1.165) is 23.5 Å². The minimum absolute atomic E-state index is 0.155. The number of urea groups is 1. The second kappa shape index (κ2) is 10.6. The van der Waals surface area contributed by atoms with Crippen molar-refractivity contribution < 1.29 is 27.2 Å². The van der Waals surface area contributed by atoms with E-state index in [0.29, 0.717) is 17.0 Å². The highest BCUT2D eigenvalue weighted by molar-refractivity contribution is 7.18. The molecule has 0 saturated carbocycles. The lowest BCUT2D eigenvalue weighted by atomic mass is 9.98. The largest absolute Gasteiger partial charge is 0.418 e. The zero-order valence-corrected chi connectivity index (χ0v) is 18.9. The van der Waals surface area contributed by atoms with Gasteiger partial charge in [-0.2, -0.15) is 13.2 Å². The van der Waals surface area contributed by atoms with Crippen molar-refractivity contribution >= 4 is 34.1 Å². The summed E-state index contributed by atoms with van der Waals surface area (Å²) in [6, 6.07) is 8.12. The number of aromatic nitrogens is 2. The number of nitrogens with zero attached hydrogens (tertiary/aromatic N) is 2. The van der Waals surface area contributed by atoms with Crippen LogP contribution >= 0.6 is 11.3 Å². The van der Waals surface area contributed by atoms with E-state index in [9.17, 15) is 27.2 Å². The van der Waals surface area contributed by atoms with Gasteiger partial charge in [-0.3, -0.25) is 10.1 Å². The summed E-state index contributed by atoms with van der Waals surface area (Å²) < 4.78 is 52.7. The van der Waals surface area contributed by atoms with Crippen molar-refractivity contribution in [2.45, 2.75) is 32.5 Å². The SMILES string of the molecule is CCC(C)C(NC(=O)Nc1ccccc1C(F)(F)F)C(=O)Nc1nnc(-c2ccc(F)cc2)s1. The van der Waals surface area contributed by atoms with Gasteiger partial charge in [-0.15, -0.1) is 10.2 Å². The zero-order chi connectivity index (χ0) is 24.9. The Morgan fingerprint density at radius 1 is 1.03 bits per heavy atom. The number of benzene rings is 2. The highest BCUT2D eigenvalue weighted by Crippen LogP contribution is 2.34. The smallest absolute Gasteiger partial charge is 0.326 e. The van der Waals surface area contributed by atoms with Crippen molar-refractivity contribution in [3.8, 4) is 10.6 Å². The number of carbonyl (C=O) groups excluding carboxylic acids is 2. The second-order valence-electron chi connectivity index (χ2n) is 7.41. The number of alkyl halides is 3. The average molecular weight is 496 g/mol. The number of rotatable bonds is 7. The molecule has 180 valence electrons. The van der Waals surface area contributed by atoms with E-state index in [1.54, 1.807) is 13.8 Å². The van der Waals surface area contributed by atoms with Crippen LogP contribution in [0.5, 0.6) is 0 Å². The fraction of sp³-hybridized carbons (Fsp3) is 0.273. The quantitative estimate of drug-likeness (QED) is 0.375. The first kappa shape index (κ1) is 25.1. The predicted molar refractivity (Wildman–Crippen MR) is 121 cm³/mol. The molecule has 34 heavy (non-hydrogen) atoms. The van der Waals surface area contributed by atoms with Gasteiger partial charge in [0, 0.05) is 5.56 Å². The fourth-order valence-electron chi connectivity index (χ4n) is 3.01. The van der Waals surface area contributed by atoms with Crippen LogP contribution in [-0.2, 0) is 11.0 Å². The van der Waals surface area contributed by atoms with Crippen molar-refractivity contribution in [3.63, 3.8) is 0 Å². The lowest BCUT2D eigenvalue weighted by Crippen LogP contribution is -2.49. The van der Waals surface area contributed by atoms with Gasteiger partial charge in [-0.25, -0.2) is 9.18 Å². The summed E-state index contributed by atoms with van der Waals surface area (Å²) in [4.78, 5) is 25.3.